The number of benzene rings is 3. The first-order chi connectivity index (χ1) is 16.3. The molecule has 0 spiro atoms. The Morgan fingerprint density at radius 3 is 2.35 bits per heavy atom. The summed E-state index contributed by atoms with van der Waals surface area (Å²) in [5.41, 5.74) is 4.74. The first-order valence-electron chi connectivity index (χ1n) is 10.4. The summed E-state index contributed by atoms with van der Waals surface area (Å²) in [6.45, 7) is -0.506. The number of hydrogen-bond acceptors (Lipinski definition) is 7. The minimum Gasteiger partial charge on any atom is -0.397 e. The molecule has 0 aliphatic carbocycles. The van der Waals surface area contributed by atoms with E-state index in [0.717, 1.165) is 34.0 Å². The highest BCUT2D eigenvalue weighted by Crippen LogP contribution is 2.34. The Bertz CT molecular complexity index is 1190. The van der Waals surface area contributed by atoms with E-state index in [1.54, 1.807) is 0 Å². The van der Waals surface area contributed by atoms with Crippen molar-refractivity contribution in [3.8, 4) is 0 Å². The molecule has 0 radical (unpaired) electrons. The maximum atomic E-state index is 13.5. The SMILES string of the molecule is N/C(=C\NC1C(O)C(CO)OC(Sc2ccc3ccccc3c2)C1O)c1cc(F)c(F)c(F)c1. The van der Waals surface area contributed by atoms with E-state index in [4.69, 9.17) is 10.5 Å². The lowest BCUT2D eigenvalue weighted by Crippen LogP contribution is -2.62. The zero-order chi connectivity index (χ0) is 24.4. The molecule has 5 unspecified atom stereocenters. The predicted octanol–water partition coefficient (Wildman–Crippen LogP) is 2.70. The second kappa shape index (κ2) is 10.2. The molecule has 6 N–H and O–H groups in total. The van der Waals surface area contributed by atoms with Gasteiger partial charge in [-0.05, 0) is 35.0 Å². The smallest absolute Gasteiger partial charge is 0.194 e. The molecule has 1 fully saturated rings. The van der Waals surface area contributed by atoms with Crippen LogP contribution in [0.1, 0.15) is 5.56 Å². The molecule has 6 nitrogen and oxygen atoms in total. The second-order valence-corrected chi connectivity index (χ2v) is 9.05. The number of aliphatic hydroxyl groups is 3. The third kappa shape index (κ3) is 5.01. The lowest BCUT2D eigenvalue weighted by atomic mass is 9.97. The number of nitrogens with one attached hydrogen (secondary N) is 1. The van der Waals surface area contributed by atoms with Gasteiger partial charge in [-0.25, -0.2) is 13.2 Å². The van der Waals surface area contributed by atoms with Gasteiger partial charge >= 0.3 is 0 Å². The summed E-state index contributed by atoms with van der Waals surface area (Å²) in [5.74, 6) is -4.41. The fraction of sp³-hybridized carbons (Fsp3) is 0.250. The average molecular weight is 493 g/mol. The molecule has 3 aromatic carbocycles. The lowest BCUT2D eigenvalue weighted by molar-refractivity contribution is -0.164. The molecule has 0 amide bonds. The van der Waals surface area contributed by atoms with E-state index in [1.807, 2.05) is 42.5 Å². The van der Waals surface area contributed by atoms with Gasteiger partial charge in [-0.3, -0.25) is 0 Å². The van der Waals surface area contributed by atoms with E-state index in [1.165, 1.54) is 11.8 Å². The number of halogens is 3. The predicted molar refractivity (Wildman–Crippen MR) is 123 cm³/mol. The van der Waals surface area contributed by atoms with Crippen LogP contribution in [-0.2, 0) is 4.74 Å². The van der Waals surface area contributed by atoms with Crippen molar-refractivity contribution in [1.29, 1.82) is 0 Å². The summed E-state index contributed by atoms with van der Waals surface area (Å²) >= 11 is 1.22. The molecule has 5 atom stereocenters. The third-order valence-corrected chi connectivity index (χ3v) is 6.75. The number of fused-ring (bicyclic) bond motifs is 1. The molecule has 4 rings (SSSR count). The molecule has 1 aliphatic rings. The highest BCUT2D eigenvalue weighted by molar-refractivity contribution is 7.99. The standard InChI is InChI=1S/C24H23F3N2O4S/c25-16-8-14(9-17(26)20(16)27)18(28)10-29-21-22(31)19(11-30)33-24(23(21)32)34-15-6-5-12-3-1-2-4-13(12)7-15/h1-10,19,21-24,29-32H,11,28H2/b18-10-. The summed E-state index contributed by atoms with van der Waals surface area (Å²) in [6.07, 6.45) is -2.42. The number of rotatable bonds is 6. The Kier molecular flexibility index (Phi) is 7.34. The fourth-order valence-corrected chi connectivity index (χ4v) is 4.86. The van der Waals surface area contributed by atoms with Crippen LogP contribution in [0.25, 0.3) is 16.5 Å². The Balaban J connectivity index is 1.54. The molecule has 180 valence electrons. The Hall–Kier alpha value is -2.76. The second-order valence-electron chi connectivity index (χ2n) is 7.88. The zero-order valence-electron chi connectivity index (χ0n) is 17.7. The number of aliphatic hydroxyl groups excluding tert-OH is 3. The molecule has 1 aliphatic heterocycles. The minimum absolute atomic E-state index is 0.124. The maximum absolute atomic E-state index is 13.5. The molecule has 3 aromatic rings. The van der Waals surface area contributed by atoms with Crippen LogP contribution in [0.5, 0.6) is 0 Å². The van der Waals surface area contributed by atoms with Crippen molar-refractivity contribution < 1.29 is 33.2 Å². The highest BCUT2D eigenvalue weighted by atomic mass is 32.2. The van der Waals surface area contributed by atoms with Gasteiger partial charge in [0.05, 0.1) is 18.3 Å². The van der Waals surface area contributed by atoms with Crippen LogP contribution in [0.3, 0.4) is 0 Å². The van der Waals surface area contributed by atoms with Crippen molar-refractivity contribution in [1.82, 2.24) is 5.32 Å². The molecule has 1 saturated heterocycles. The first-order valence-corrected chi connectivity index (χ1v) is 11.3. The van der Waals surface area contributed by atoms with Gasteiger partial charge in [0.1, 0.15) is 23.7 Å². The van der Waals surface area contributed by atoms with Gasteiger partial charge in [-0.2, -0.15) is 0 Å². The monoisotopic (exact) mass is 492 g/mol. The van der Waals surface area contributed by atoms with Crippen molar-refractivity contribution in [2.75, 3.05) is 6.61 Å². The van der Waals surface area contributed by atoms with E-state index >= 15 is 0 Å². The molecule has 34 heavy (non-hydrogen) atoms. The van der Waals surface area contributed by atoms with E-state index in [9.17, 15) is 28.5 Å². The highest BCUT2D eigenvalue weighted by Gasteiger charge is 2.44. The molecule has 0 saturated carbocycles. The van der Waals surface area contributed by atoms with E-state index in [2.05, 4.69) is 5.32 Å². The van der Waals surface area contributed by atoms with Crippen LogP contribution in [0.2, 0.25) is 0 Å². The molecule has 0 bridgehead atoms. The van der Waals surface area contributed by atoms with Gasteiger partial charge < -0.3 is 31.1 Å². The number of nitrogens with two attached hydrogens (primary N) is 1. The first kappa shape index (κ1) is 24.4. The summed E-state index contributed by atoms with van der Waals surface area (Å²) in [7, 11) is 0. The minimum atomic E-state index is -1.61. The van der Waals surface area contributed by atoms with E-state index in [0.29, 0.717) is 0 Å². The normalized spacial score (nSPS) is 25.5. The summed E-state index contributed by atoms with van der Waals surface area (Å²) in [6, 6.07) is 14.0. The Labute approximate surface area is 197 Å². The number of hydrogen-bond donors (Lipinski definition) is 5. The largest absolute Gasteiger partial charge is 0.397 e. The maximum Gasteiger partial charge on any atom is 0.194 e. The summed E-state index contributed by atoms with van der Waals surface area (Å²) in [4.78, 5) is 0.807. The average Bonchev–Trinajstić information content (AvgIpc) is 2.83. The van der Waals surface area contributed by atoms with Crippen LogP contribution in [0.15, 0.2) is 65.7 Å². The Morgan fingerprint density at radius 1 is 1.00 bits per heavy atom. The van der Waals surface area contributed by atoms with Gasteiger partial charge in [0.25, 0.3) is 0 Å². The van der Waals surface area contributed by atoms with Crippen LogP contribution in [0, 0.1) is 17.5 Å². The van der Waals surface area contributed by atoms with Crippen molar-refractivity contribution in [3.05, 3.63) is 83.8 Å². The van der Waals surface area contributed by atoms with Gasteiger partial charge in [0.15, 0.2) is 17.5 Å². The molecular formula is C24H23F3N2O4S. The van der Waals surface area contributed by atoms with Crippen molar-refractivity contribution in [2.24, 2.45) is 5.73 Å². The topological polar surface area (TPSA) is 108 Å². The van der Waals surface area contributed by atoms with E-state index < -0.39 is 53.8 Å². The van der Waals surface area contributed by atoms with Gasteiger partial charge in [-0.15, -0.1) is 0 Å². The van der Waals surface area contributed by atoms with Crippen LogP contribution >= 0.6 is 11.8 Å². The summed E-state index contributed by atoms with van der Waals surface area (Å²) < 4.78 is 46.0. The van der Waals surface area contributed by atoms with Crippen molar-refractivity contribution in [3.63, 3.8) is 0 Å². The van der Waals surface area contributed by atoms with Crippen LogP contribution in [0.4, 0.5) is 13.2 Å². The number of thioether (sulfide) groups is 1. The van der Waals surface area contributed by atoms with Crippen molar-refractivity contribution >= 4 is 28.2 Å². The quantitative estimate of drug-likeness (QED) is 0.337. The zero-order valence-corrected chi connectivity index (χ0v) is 18.6. The number of ether oxygens (including phenoxy) is 1. The van der Waals surface area contributed by atoms with Crippen LogP contribution in [-0.4, -0.2) is 51.7 Å². The van der Waals surface area contributed by atoms with Gasteiger partial charge in [0, 0.05) is 16.7 Å². The molecule has 0 aromatic heterocycles. The third-order valence-electron chi connectivity index (χ3n) is 5.61. The van der Waals surface area contributed by atoms with Crippen molar-refractivity contribution in [2.45, 2.75) is 34.7 Å². The molecular weight excluding hydrogens is 469 g/mol. The van der Waals surface area contributed by atoms with E-state index in [-0.39, 0.29) is 11.3 Å². The summed E-state index contributed by atoms with van der Waals surface area (Å²) in [5, 5.41) is 36.0. The molecule has 1 heterocycles. The molecule has 10 heteroatoms. The van der Waals surface area contributed by atoms with Gasteiger partial charge in [0.2, 0.25) is 0 Å². The lowest BCUT2D eigenvalue weighted by Gasteiger charge is -2.42. The Morgan fingerprint density at radius 2 is 1.68 bits per heavy atom. The van der Waals surface area contributed by atoms with Crippen LogP contribution < -0.4 is 11.1 Å². The fourth-order valence-electron chi connectivity index (χ4n) is 3.75. The van der Waals surface area contributed by atoms with Gasteiger partial charge in [-0.1, -0.05) is 42.1 Å².